The summed E-state index contributed by atoms with van der Waals surface area (Å²) in [4.78, 5) is 22.6. The molecule has 7 heteroatoms. The monoisotopic (exact) mass is 342 g/mol. The predicted octanol–water partition coefficient (Wildman–Crippen LogP) is 4.36. The van der Waals surface area contributed by atoms with Crippen molar-refractivity contribution in [2.45, 2.75) is 0 Å². The maximum absolute atomic E-state index is 12.4. The van der Waals surface area contributed by atoms with E-state index in [0.717, 1.165) is 0 Å². The van der Waals surface area contributed by atoms with Crippen LogP contribution in [0.25, 0.3) is 10.8 Å². The molecule has 0 saturated heterocycles. The Morgan fingerprint density at radius 3 is 2.50 bits per heavy atom. The second kappa shape index (κ2) is 6.17. The zero-order chi connectivity index (χ0) is 17.3. The summed E-state index contributed by atoms with van der Waals surface area (Å²) in [5.74, 6) is -0.807. The van der Waals surface area contributed by atoms with E-state index in [4.69, 9.17) is 11.6 Å². The van der Waals surface area contributed by atoms with E-state index >= 15 is 0 Å². The summed E-state index contributed by atoms with van der Waals surface area (Å²) in [7, 11) is 0. The summed E-state index contributed by atoms with van der Waals surface area (Å²) in [6.45, 7) is 0. The second-order valence-electron chi connectivity index (χ2n) is 5.06. The van der Waals surface area contributed by atoms with Gasteiger partial charge in [-0.2, -0.15) is 0 Å². The molecule has 0 atom stereocenters. The summed E-state index contributed by atoms with van der Waals surface area (Å²) >= 11 is 6.17. The van der Waals surface area contributed by atoms with E-state index < -0.39 is 10.8 Å². The molecule has 24 heavy (non-hydrogen) atoms. The SMILES string of the molecule is O=C(Nc1cccc([N+](=O)[O-])c1)c1cc(Cl)c2ccccc2c1O. The number of hydrogen-bond donors (Lipinski definition) is 2. The van der Waals surface area contributed by atoms with Crippen molar-refractivity contribution in [1.82, 2.24) is 0 Å². The number of rotatable bonds is 3. The Labute approximate surface area is 141 Å². The summed E-state index contributed by atoms with van der Waals surface area (Å²) < 4.78 is 0. The van der Waals surface area contributed by atoms with Crippen LogP contribution in [-0.2, 0) is 0 Å². The first-order valence-corrected chi connectivity index (χ1v) is 7.31. The summed E-state index contributed by atoms with van der Waals surface area (Å²) in [6.07, 6.45) is 0. The standard InChI is InChI=1S/C17H11ClN2O4/c18-15-9-14(16(21)13-7-2-1-6-12(13)15)17(22)19-10-4-3-5-11(8-10)20(23)24/h1-9,21H,(H,19,22). The first-order valence-electron chi connectivity index (χ1n) is 6.93. The molecule has 0 aromatic heterocycles. The molecule has 0 heterocycles. The molecule has 120 valence electrons. The highest BCUT2D eigenvalue weighted by atomic mass is 35.5. The number of nitrogens with zero attached hydrogens (tertiary/aromatic N) is 1. The molecule has 0 spiro atoms. The summed E-state index contributed by atoms with van der Waals surface area (Å²) in [5, 5.41) is 25.1. The van der Waals surface area contributed by atoms with Crippen LogP contribution in [0, 0.1) is 10.1 Å². The first-order chi connectivity index (χ1) is 11.5. The lowest BCUT2D eigenvalue weighted by atomic mass is 10.0. The smallest absolute Gasteiger partial charge is 0.271 e. The van der Waals surface area contributed by atoms with Crippen LogP contribution >= 0.6 is 11.6 Å². The molecular weight excluding hydrogens is 332 g/mol. The van der Waals surface area contributed by atoms with Gasteiger partial charge in [-0.05, 0) is 12.1 Å². The fraction of sp³-hybridized carbons (Fsp3) is 0. The lowest BCUT2D eigenvalue weighted by molar-refractivity contribution is -0.384. The minimum Gasteiger partial charge on any atom is -0.506 e. The third-order valence-electron chi connectivity index (χ3n) is 3.53. The number of phenolic OH excluding ortho intramolecular Hbond substituents is 1. The number of carbonyl (C=O) groups is 1. The Morgan fingerprint density at radius 2 is 1.79 bits per heavy atom. The van der Waals surface area contributed by atoms with E-state index in [-0.39, 0.29) is 22.7 Å². The molecule has 3 rings (SSSR count). The second-order valence-corrected chi connectivity index (χ2v) is 5.47. The molecule has 0 aliphatic heterocycles. The number of halogens is 1. The molecule has 0 unspecified atom stereocenters. The minimum absolute atomic E-state index is 0.00907. The van der Waals surface area contributed by atoms with Crippen LogP contribution in [-0.4, -0.2) is 15.9 Å². The van der Waals surface area contributed by atoms with Crippen molar-refractivity contribution >= 4 is 39.7 Å². The van der Waals surface area contributed by atoms with Crippen LogP contribution in [0.2, 0.25) is 5.02 Å². The highest BCUT2D eigenvalue weighted by Crippen LogP contribution is 2.34. The number of nitro groups is 1. The highest BCUT2D eigenvalue weighted by molar-refractivity contribution is 6.36. The van der Waals surface area contributed by atoms with Crippen molar-refractivity contribution in [3.8, 4) is 5.75 Å². The largest absolute Gasteiger partial charge is 0.506 e. The minimum atomic E-state index is -0.611. The molecule has 2 N–H and O–H groups in total. The molecule has 3 aromatic carbocycles. The van der Waals surface area contributed by atoms with Gasteiger partial charge in [0.15, 0.2) is 0 Å². The van der Waals surface area contributed by atoms with Gasteiger partial charge in [-0.25, -0.2) is 0 Å². The quantitative estimate of drug-likeness (QED) is 0.546. The number of carbonyl (C=O) groups excluding carboxylic acids is 1. The molecule has 0 saturated carbocycles. The number of aromatic hydroxyl groups is 1. The van der Waals surface area contributed by atoms with Crippen LogP contribution in [0.5, 0.6) is 5.75 Å². The first kappa shape index (κ1) is 15.8. The number of phenols is 1. The topological polar surface area (TPSA) is 92.5 Å². The number of fused-ring (bicyclic) bond motifs is 1. The number of non-ortho nitro benzene ring substituents is 1. The van der Waals surface area contributed by atoms with Gasteiger partial charge >= 0.3 is 0 Å². The molecule has 0 bridgehead atoms. The number of anilines is 1. The molecule has 6 nitrogen and oxygen atoms in total. The Kier molecular flexibility index (Phi) is 4.05. The zero-order valence-electron chi connectivity index (χ0n) is 12.2. The number of hydrogen-bond acceptors (Lipinski definition) is 4. The van der Waals surface area contributed by atoms with Crippen molar-refractivity contribution in [2.24, 2.45) is 0 Å². The van der Waals surface area contributed by atoms with E-state index in [2.05, 4.69) is 5.32 Å². The summed E-state index contributed by atoms with van der Waals surface area (Å²) in [5.41, 5.74) is 0.0941. The van der Waals surface area contributed by atoms with Crippen LogP contribution in [0.15, 0.2) is 54.6 Å². The van der Waals surface area contributed by atoms with Crippen molar-refractivity contribution in [2.75, 3.05) is 5.32 Å². The third-order valence-corrected chi connectivity index (χ3v) is 3.84. The van der Waals surface area contributed by atoms with E-state index in [0.29, 0.717) is 15.8 Å². The third kappa shape index (κ3) is 2.87. The van der Waals surface area contributed by atoms with Gasteiger partial charge in [0, 0.05) is 33.6 Å². The van der Waals surface area contributed by atoms with Gasteiger partial charge in [0.1, 0.15) is 5.75 Å². The molecule has 0 fully saturated rings. The van der Waals surface area contributed by atoms with E-state index in [1.807, 2.05) is 0 Å². The molecule has 0 aliphatic rings. The van der Waals surface area contributed by atoms with Gasteiger partial charge in [0.25, 0.3) is 11.6 Å². The Morgan fingerprint density at radius 1 is 1.08 bits per heavy atom. The maximum atomic E-state index is 12.4. The van der Waals surface area contributed by atoms with E-state index in [1.165, 1.54) is 30.3 Å². The normalized spacial score (nSPS) is 10.5. The number of benzene rings is 3. The van der Waals surface area contributed by atoms with Gasteiger partial charge in [-0.15, -0.1) is 0 Å². The van der Waals surface area contributed by atoms with Crippen LogP contribution in [0.3, 0.4) is 0 Å². The van der Waals surface area contributed by atoms with Crippen LogP contribution in [0.1, 0.15) is 10.4 Å². The van der Waals surface area contributed by atoms with Gasteiger partial charge in [0.05, 0.1) is 10.5 Å². The summed E-state index contributed by atoms with van der Waals surface area (Å²) in [6, 6.07) is 13.8. The zero-order valence-corrected chi connectivity index (χ0v) is 12.9. The average Bonchev–Trinajstić information content (AvgIpc) is 2.58. The van der Waals surface area contributed by atoms with Gasteiger partial charge in [-0.1, -0.05) is 41.9 Å². The van der Waals surface area contributed by atoms with E-state index in [1.54, 1.807) is 24.3 Å². The fourth-order valence-corrected chi connectivity index (χ4v) is 2.66. The van der Waals surface area contributed by atoms with Crippen molar-refractivity contribution in [1.29, 1.82) is 0 Å². The molecule has 1 amide bonds. The van der Waals surface area contributed by atoms with Crippen molar-refractivity contribution in [3.05, 3.63) is 75.3 Å². The Balaban J connectivity index is 1.99. The van der Waals surface area contributed by atoms with Crippen LogP contribution < -0.4 is 5.32 Å². The van der Waals surface area contributed by atoms with Crippen molar-refractivity contribution < 1.29 is 14.8 Å². The Bertz CT molecular complexity index is 972. The van der Waals surface area contributed by atoms with Crippen LogP contribution in [0.4, 0.5) is 11.4 Å². The number of nitro benzene ring substituents is 1. The Hall–Kier alpha value is -3.12. The van der Waals surface area contributed by atoms with Gasteiger partial charge < -0.3 is 10.4 Å². The molecule has 0 aliphatic carbocycles. The fourth-order valence-electron chi connectivity index (χ4n) is 2.38. The highest BCUT2D eigenvalue weighted by Gasteiger charge is 2.17. The average molecular weight is 343 g/mol. The van der Waals surface area contributed by atoms with Gasteiger partial charge in [-0.3, -0.25) is 14.9 Å². The molecular formula is C17H11ClN2O4. The number of amides is 1. The lowest BCUT2D eigenvalue weighted by Crippen LogP contribution is -2.12. The van der Waals surface area contributed by atoms with E-state index in [9.17, 15) is 20.0 Å². The maximum Gasteiger partial charge on any atom is 0.271 e. The van der Waals surface area contributed by atoms with Gasteiger partial charge in [0.2, 0.25) is 0 Å². The molecule has 0 radical (unpaired) electrons. The number of nitrogens with one attached hydrogen (secondary N) is 1. The molecule has 3 aromatic rings. The lowest BCUT2D eigenvalue weighted by Gasteiger charge is -2.10. The van der Waals surface area contributed by atoms with Crippen molar-refractivity contribution in [3.63, 3.8) is 0 Å². The predicted molar refractivity (Wildman–Crippen MR) is 91.7 cm³/mol.